The van der Waals surface area contributed by atoms with Crippen LogP contribution in [-0.4, -0.2) is 65.9 Å². The molecule has 0 aromatic rings. The summed E-state index contributed by atoms with van der Waals surface area (Å²) >= 11 is 0. The first kappa shape index (κ1) is 26.8. The summed E-state index contributed by atoms with van der Waals surface area (Å²) in [5, 5.41) is 16.7. The second-order valence-electron chi connectivity index (χ2n) is 11.4. The highest BCUT2D eigenvalue weighted by atomic mass is 19.4. The molecule has 3 fully saturated rings. The molecule has 0 spiro atoms. The third-order valence-corrected chi connectivity index (χ3v) is 7.56. The molecule has 12 heteroatoms. The lowest BCUT2D eigenvalue weighted by Crippen LogP contribution is -2.61. The van der Waals surface area contributed by atoms with Crippen molar-refractivity contribution in [1.29, 1.82) is 5.26 Å². The van der Waals surface area contributed by atoms with Crippen molar-refractivity contribution in [1.82, 2.24) is 20.9 Å². The highest BCUT2D eigenvalue weighted by Gasteiger charge is 2.70. The van der Waals surface area contributed by atoms with Crippen LogP contribution in [0.1, 0.15) is 47.5 Å². The number of carbonyl (C=O) groups is 4. The van der Waals surface area contributed by atoms with E-state index in [0.29, 0.717) is 13.0 Å². The van der Waals surface area contributed by atoms with Crippen molar-refractivity contribution in [3.8, 4) is 6.07 Å². The van der Waals surface area contributed by atoms with Crippen molar-refractivity contribution in [2.75, 3.05) is 13.1 Å². The quantitative estimate of drug-likeness (QED) is 0.504. The summed E-state index contributed by atoms with van der Waals surface area (Å²) in [5.41, 5.74) is -1.33. The SMILES string of the molecule is CC(C)(C)C(NC(=O)C(F)(F)F)C(=O)N1C[C@H]2[C@@H]([C@H]1C(=O)N[C@H](C#N)CC1CCNC1=O)C2(C)C. The Morgan fingerprint density at radius 2 is 1.86 bits per heavy atom. The first-order valence-electron chi connectivity index (χ1n) is 11.7. The van der Waals surface area contributed by atoms with Crippen molar-refractivity contribution in [2.24, 2.45) is 28.6 Å². The van der Waals surface area contributed by atoms with Crippen molar-refractivity contribution in [3.63, 3.8) is 0 Å². The summed E-state index contributed by atoms with van der Waals surface area (Å²) in [4.78, 5) is 51.6. The fraction of sp³-hybridized carbons (Fsp3) is 0.783. The van der Waals surface area contributed by atoms with Gasteiger partial charge >= 0.3 is 12.1 Å². The maximum atomic E-state index is 13.5. The summed E-state index contributed by atoms with van der Waals surface area (Å²) in [6.45, 7) is 9.13. The van der Waals surface area contributed by atoms with Crippen LogP contribution < -0.4 is 16.0 Å². The number of fused-ring (bicyclic) bond motifs is 1. The zero-order valence-electron chi connectivity index (χ0n) is 20.5. The van der Waals surface area contributed by atoms with Gasteiger partial charge in [0, 0.05) is 19.0 Å². The number of alkyl halides is 3. The minimum Gasteiger partial charge on any atom is -0.356 e. The molecule has 6 atom stereocenters. The van der Waals surface area contributed by atoms with Gasteiger partial charge in [0.2, 0.25) is 17.7 Å². The Bertz CT molecular complexity index is 952. The van der Waals surface area contributed by atoms with Gasteiger partial charge in [-0.25, -0.2) is 0 Å². The molecule has 3 rings (SSSR count). The van der Waals surface area contributed by atoms with E-state index in [0.717, 1.165) is 0 Å². The first-order chi connectivity index (χ1) is 16.0. The number of nitriles is 1. The predicted octanol–water partition coefficient (Wildman–Crippen LogP) is 1.10. The number of hydrogen-bond acceptors (Lipinski definition) is 5. The molecule has 2 heterocycles. The highest BCUT2D eigenvalue weighted by Crippen LogP contribution is 2.65. The summed E-state index contributed by atoms with van der Waals surface area (Å²) in [6, 6.07) is -1.48. The molecule has 0 aromatic carbocycles. The topological polar surface area (TPSA) is 131 Å². The molecule has 194 valence electrons. The highest BCUT2D eigenvalue weighted by molar-refractivity contribution is 5.95. The first-order valence-corrected chi connectivity index (χ1v) is 11.7. The smallest absolute Gasteiger partial charge is 0.356 e. The van der Waals surface area contributed by atoms with Gasteiger partial charge in [0.25, 0.3) is 0 Å². The number of amides is 4. The molecule has 4 amide bonds. The fourth-order valence-electron chi connectivity index (χ4n) is 5.40. The van der Waals surface area contributed by atoms with Crippen LogP contribution in [0.2, 0.25) is 0 Å². The van der Waals surface area contributed by atoms with Gasteiger partial charge in [-0.15, -0.1) is 0 Å². The van der Waals surface area contributed by atoms with E-state index in [2.05, 4.69) is 10.6 Å². The van der Waals surface area contributed by atoms with Crippen LogP contribution in [0.5, 0.6) is 0 Å². The number of carbonyl (C=O) groups excluding carboxylic acids is 4. The molecule has 3 aliphatic rings. The van der Waals surface area contributed by atoms with E-state index < -0.39 is 53.4 Å². The number of piperidine rings is 1. The number of likely N-dealkylation sites (tertiary alicyclic amines) is 1. The molecule has 2 saturated heterocycles. The van der Waals surface area contributed by atoms with Crippen molar-refractivity contribution in [3.05, 3.63) is 0 Å². The molecule has 1 saturated carbocycles. The van der Waals surface area contributed by atoms with Gasteiger partial charge in [-0.1, -0.05) is 34.6 Å². The number of hydrogen-bond donors (Lipinski definition) is 3. The number of rotatable bonds is 6. The minimum atomic E-state index is -5.16. The summed E-state index contributed by atoms with van der Waals surface area (Å²) in [6.07, 6.45) is -4.49. The number of nitrogens with zero attached hydrogens (tertiary/aromatic N) is 2. The van der Waals surface area contributed by atoms with E-state index in [4.69, 9.17) is 0 Å². The molecule has 35 heavy (non-hydrogen) atoms. The lowest BCUT2D eigenvalue weighted by atomic mass is 9.85. The zero-order chi connectivity index (χ0) is 26.5. The zero-order valence-corrected chi connectivity index (χ0v) is 20.5. The van der Waals surface area contributed by atoms with Crippen LogP contribution in [0.4, 0.5) is 13.2 Å². The Balaban J connectivity index is 1.81. The average molecular weight is 500 g/mol. The second kappa shape index (κ2) is 8.99. The molecule has 1 aliphatic carbocycles. The minimum absolute atomic E-state index is 0.0396. The fourth-order valence-corrected chi connectivity index (χ4v) is 5.40. The molecular formula is C23H32F3N5O4. The lowest BCUT2D eigenvalue weighted by Gasteiger charge is -2.37. The van der Waals surface area contributed by atoms with Crippen LogP contribution in [0.3, 0.4) is 0 Å². The number of halogens is 3. The number of nitrogens with one attached hydrogen (secondary N) is 3. The molecule has 9 nitrogen and oxygen atoms in total. The van der Waals surface area contributed by atoms with Crippen molar-refractivity contribution < 1.29 is 32.3 Å². The maximum absolute atomic E-state index is 13.5. The summed E-state index contributed by atoms with van der Waals surface area (Å²) < 4.78 is 38.8. The van der Waals surface area contributed by atoms with Gasteiger partial charge in [0.15, 0.2) is 0 Å². The summed E-state index contributed by atoms with van der Waals surface area (Å²) in [7, 11) is 0. The van der Waals surface area contributed by atoms with Gasteiger partial charge in [0.05, 0.1) is 6.07 Å². The Morgan fingerprint density at radius 3 is 2.34 bits per heavy atom. The standard InChI is InChI=1S/C23H32F3N5O4/c1-21(2,3)16(30-20(35)23(24,25)26)19(34)31-10-13-14(22(13,4)5)15(31)18(33)29-12(9-27)8-11-6-7-28-17(11)32/h11-16H,6-8,10H2,1-5H3,(H,28,32)(H,29,33)(H,30,35)/t11?,12-,13-,14-,15-,16?/m0/s1. The second-order valence-corrected chi connectivity index (χ2v) is 11.4. The van der Waals surface area contributed by atoms with E-state index in [-0.39, 0.29) is 36.1 Å². The summed E-state index contributed by atoms with van der Waals surface area (Å²) in [5.74, 6) is -4.46. The van der Waals surface area contributed by atoms with Crippen molar-refractivity contribution >= 4 is 23.6 Å². The normalized spacial score (nSPS) is 28.9. The van der Waals surface area contributed by atoms with Crippen LogP contribution in [0.15, 0.2) is 0 Å². The Kier molecular flexibility index (Phi) is 6.87. The van der Waals surface area contributed by atoms with Gasteiger partial charge in [-0.05, 0) is 35.5 Å². The Labute approximate surface area is 202 Å². The van der Waals surface area contributed by atoms with E-state index in [1.807, 2.05) is 19.9 Å². The monoisotopic (exact) mass is 499 g/mol. The third kappa shape index (κ3) is 5.23. The molecule has 0 aromatic heterocycles. The van der Waals surface area contributed by atoms with E-state index >= 15 is 0 Å². The van der Waals surface area contributed by atoms with Gasteiger partial charge in [0.1, 0.15) is 18.1 Å². The van der Waals surface area contributed by atoms with Crippen molar-refractivity contribution in [2.45, 2.75) is 71.8 Å². The van der Waals surface area contributed by atoms with E-state index in [1.54, 1.807) is 5.32 Å². The van der Waals surface area contributed by atoms with Crippen LogP contribution >= 0.6 is 0 Å². The third-order valence-electron chi connectivity index (χ3n) is 7.56. The molecular weight excluding hydrogens is 467 g/mol. The largest absolute Gasteiger partial charge is 0.471 e. The molecule has 2 unspecified atom stereocenters. The molecule has 0 bridgehead atoms. The van der Waals surface area contributed by atoms with E-state index in [1.165, 1.54) is 25.7 Å². The Hall–Kier alpha value is -2.84. The predicted molar refractivity (Wildman–Crippen MR) is 117 cm³/mol. The van der Waals surface area contributed by atoms with Crippen LogP contribution in [0, 0.1) is 39.9 Å². The van der Waals surface area contributed by atoms with Gasteiger partial charge in [-0.3, -0.25) is 19.2 Å². The molecule has 2 aliphatic heterocycles. The van der Waals surface area contributed by atoms with Gasteiger partial charge in [-0.2, -0.15) is 18.4 Å². The van der Waals surface area contributed by atoms with Gasteiger partial charge < -0.3 is 20.9 Å². The molecule has 3 N–H and O–H groups in total. The maximum Gasteiger partial charge on any atom is 0.471 e. The average Bonchev–Trinajstić information content (AvgIpc) is 3.10. The Morgan fingerprint density at radius 1 is 1.23 bits per heavy atom. The molecule has 0 radical (unpaired) electrons. The van der Waals surface area contributed by atoms with Crippen LogP contribution in [0.25, 0.3) is 0 Å². The van der Waals surface area contributed by atoms with E-state index in [9.17, 15) is 37.6 Å². The van der Waals surface area contributed by atoms with Crippen LogP contribution in [-0.2, 0) is 19.2 Å². The lowest BCUT2D eigenvalue weighted by molar-refractivity contribution is -0.176.